The molecule has 0 spiro atoms. The van der Waals surface area contributed by atoms with E-state index in [2.05, 4.69) is 5.10 Å². The van der Waals surface area contributed by atoms with Gasteiger partial charge in [0.05, 0.1) is 26.0 Å². The Hall–Kier alpha value is -1.70. The van der Waals surface area contributed by atoms with E-state index in [4.69, 9.17) is 21.7 Å². The number of aromatic nitrogens is 3. The Labute approximate surface area is 128 Å². The van der Waals surface area contributed by atoms with E-state index >= 15 is 0 Å². The van der Waals surface area contributed by atoms with Gasteiger partial charge in [0, 0.05) is 6.07 Å². The van der Waals surface area contributed by atoms with Crippen molar-refractivity contribution in [3.05, 3.63) is 35.4 Å². The molecule has 0 aliphatic carbocycles. The Morgan fingerprint density at radius 2 is 2.19 bits per heavy atom. The Morgan fingerprint density at radius 3 is 2.95 bits per heavy atom. The number of morpholine rings is 1. The minimum Gasteiger partial charge on any atom is -0.497 e. The standard InChI is InChI=1S/C14H18N4O2S/c1-19-13-4-2-3-12(9-13)17-10-15-18(14(17)21)11-16-5-7-20-8-6-16/h2-4,9-10H,5-8,11H2,1H3/p+1. The maximum absolute atomic E-state index is 5.53. The summed E-state index contributed by atoms with van der Waals surface area (Å²) < 4.78 is 15.1. The van der Waals surface area contributed by atoms with Crippen LogP contribution in [0.2, 0.25) is 0 Å². The normalized spacial score (nSPS) is 16.0. The van der Waals surface area contributed by atoms with Crippen molar-refractivity contribution in [2.75, 3.05) is 33.4 Å². The van der Waals surface area contributed by atoms with Gasteiger partial charge in [0.15, 0.2) is 6.67 Å². The Bertz CT molecular complexity index is 661. The number of nitrogens with one attached hydrogen (secondary N) is 1. The molecular formula is C14H19N4O2S+. The maximum Gasteiger partial charge on any atom is 0.207 e. The first-order valence-corrected chi connectivity index (χ1v) is 7.39. The van der Waals surface area contributed by atoms with Crippen molar-refractivity contribution >= 4 is 12.2 Å². The number of rotatable bonds is 4. The third kappa shape index (κ3) is 3.15. The maximum atomic E-state index is 5.53. The molecule has 112 valence electrons. The molecule has 1 saturated heterocycles. The van der Waals surface area contributed by atoms with Gasteiger partial charge in [-0.25, -0.2) is 0 Å². The molecule has 0 atom stereocenters. The molecule has 2 aromatic rings. The van der Waals surface area contributed by atoms with Gasteiger partial charge in [-0.05, 0) is 24.4 Å². The van der Waals surface area contributed by atoms with Gasteiger partial charge in [-0.15, -0.1) is 0 Å². The first-order chi connectivity index (χ1) is 10.3. The summed E-state index contributed by atoms with van der Waals surface area (Å²) in [6, 6.07) is 7.80. The van der Waals surface area contributed by atoms with Crippen LogP contribution in [-0.2, 0) is 11.4 Å². The zero-order chi connectivity index (χ0) is 14.7. The summed E-state index contributed by atoms with van der Waals surface area (Å²) >= 11 is 5.53. The fourth-order valence-electron chi connectivity index (χ4n) is 2.41. The third-order valence-corrected chi connectivity index (χ3v) is 4.05. The van der Waals surface area contributed by atoms with Gasteiger partial charge in [-0.2, -0.15) is 9.78 Å². The minimum absolute atomic E-state index is 0.697. The van der Waals surface area contributed by atoms with Crippen LogP contribution in [0.25, 0.3) is 5.69 Å². The molecule has 0 unspecified atom stereocenters. The van der Waals surface area contributed by atoms with Crippen molar-refractivity contribution in [2.24, 2.45) is 0 Å². The van der Waals surface area contributed by atoms with Crippen LogP contribution in [0.5, 0.6) is 5.75 Å². The van der Waals surface area contributed by atoms with Gasteiger partial charge in [-0.3, -0.25) is 4.57 Å². The summed E-state index contributed by atoms with van der Waals surface area (Å²) in [5.41, 5.74) is 0.961. The van der Waals surface area contributed by atoms with Crippen molar-refractivity contribution < 1.29 is 14.4 Å². The van der Waals surface area contributed by atoms with Crippen LogP contribution >= 0.6 is 12.2 Å². The fraction of sp³-hybridized carbons (Fsp3) is 0.429. The number of ether oxygens (including phenoxy) is 2. The van der Waals surface area contributed by atoms with Crippen molar-refractivity contribution in [3.8, 4) is 11.4 Å². The minimum atomic E-state index is 0.697. The lowest BCUT2D eigenvalue weighted by Gasteiger charge is -2.23. The molecule has 1 aliphatic rings. The van der Waals surface area contributed by atoms with Gasteiger partial charge in [0.2, 0.25) is 4.77 Å². The first kappa shape index (κ1) is 14.2. The molecule has 1 aliphatic heterocycles. The molecule has 1 aromatic heterocycles. The highest BCUT2D eigenvalue weighted by Crippen LogP contribution is 2.16. The molecule has 0 bridgehead atoms. The highest BCUT2D eigenvalue weighted by Gasteiger charge is 2.15. The average Bonchev–Trinajstić information content (AvgIpc) is 2.89. The molecule has 6 nitrogen and oxygen atoms in total. The summed E-state index contributed by atoms with van der Waals surface area (Å²) in [7, 11) is 1.66. The van der Waals surface area contributed by atoms with Crippen LogP contribution in [0.3, 0.4) is 0 Å². The van der Waals surface area contributed by atoms with Crippen LogP contribution in [0, 0.1) is 4.77 Å². The van der Waals surface area contributed by atoms with Crippen LogP contribution in [0.1, 0.15) is 0 Å². The number of methoxy groups -OCH3 is 1. The predicted octanol–water partition coefficient (Wildman–Crippen LogP) is 0.284. The van der Waals surface area contributed by atoms with Crippen molar-refractivity contribution in [2.45, 2.75) is 6.67 Å². The highest BCUT2D eigenvalue weighted by molar-refractivity contribution is 7.71. The molecule has 0 radical (unpaired) electrons. The largest absolute Gasteiger partial charge is 0.497 e. The summed E-state index contributed by atoms with van der Waals surface area (Å²) in [4.78, 5) is 1.44. The van der Waals surface area contributed by atoms with E-state index in [0.717, 1.165) is 44.4 Å². The second kappa shape index (κ2) is 6.38. The first-order valence-electron chi connectivity index (χ1n) is 6.98. The lowest BCUT2D eigenvalue weighted by molar-refractivity contribution is -0.930. The lowest BCUT2D eigenvalue weighted by Crippen LogP contribution is -3.13. The summed E-state index contributed by atoms with van der Waals surface area (Å²) in [5, 5.41) is 4.41. The number of hydrogen-bond acceptors (Lipinski definition) is 4. The quantitative estimate of drug-likeness (QED) is 0.825. The number of nitrogens with zero attached hydrogens (tertiary/aromatic N) is 3. The molecule has 1 N–H and O–H groups in total. The Kier molecular flexibility index (Phi) is 4.33. The van der Waals surface area contributed by atoms with Crippen molar-refractivity contribution in [1.29, 1.82) is 0 Å². The molecule has 7 heteroatoms. The number of quaternary nitrogens is 1. The Morgan fingerprint density at radius 1 is 1.38 bits per heavy atom. The van der Waals surface area contributed by atoms with Crippen LogP contribution in [-0.4, -0.2) is 47.8 Å². The molecular weight excluding hydrogens is 288 g/mol. The molecule has 1 aromatic carbocycles. The molecule has 3 rings (SSSR count). The predicted molar refractivity (Wildman–Crippen MR) is 80.5 cm³/mol. The van der Waals surface area contributed by atoms with E-state index in [9.17, 15) is 0 Å². The third-order valence-electron chi connectivity index (χ3n) is 3.64. The van der Waals surface area contributed by atoms with Crippen LogP contribution < -0.4 is 9.64 Å². The Balaban J connectivity index is 1.82. The second-order valence-corrected chi connectivity index (χ2v) is 5.37. The topological polar surface area (TPSA) is 45.7 Å². The summed E-state index contributed by atoms with van der Waals surface area (Å²) in [6.07, 6.45) is 1.76. The summed E-state index contributed by atoms with van der Waals surface area (Å²) in [5.74, 6) is 0.806. The average molecular weight is 307 g/mol. The smallest absolute Gasteiger partial charge is 0.207 e. The van der Waals surface area contributed by atoms with Crippen LogP contribution in [0.15, 0.2) is 30.6 Å². The zero-order valence-corrected chi connectivity index (χ0v) is 12.8. The van der Waals surface area contributed by atoms with Crippen LogP contribution in [0.4, 0.5) is 0 Å². The molecule has 0 amide bonds. The SMILES string of the molecule is COc1cccc(-n2cnn(C[NH+]3CCOCC3)c2=S)c1. The van der Waals surface area contributed by atoms with Gasteiger partial charge in [0.1, 0.15) is 25.2 Å². The molecule has 2 heterocycles. The molecule has 0 saturated carbocycles. The lowest BCUT2D eigenvalue weighted by atomic mass is 10.3. The van der Waals surface area contributed by atoms with Gasteiger partial charge in [0.25, 0.3) is 0 Å². The number of benzene rings is 1. The monoisotopic (exact) mass is 307 g/mol. The van der Waals surface area contributed by atoms with Gasteiger partial charge in [-0.1, -0.05) is 6.07 Å². The second-order valence-electron chi connectivity index (χ2n) is 5.01. The molecule has 1 fully saturated rings. The van der Waals surface area contributed by atoms with Gasteiger partial charge >= 0.3 is 0 Å². The fourth-order valence-corrected chi connectivity index (χ4v) is 2.68. The van der Waals surface area contributed by atoms with Crippen molar-refractivity contribution in [3.63, 3.8) is 0 Å². The van der Waals surface area contributed by atoms with E-state index in [0.29, 0.717) is 4.77 Å². The number of hydrogen-bond donors (Lipinski definition) is 1. The molecule has 21 heavy (non-hydrogen) atoms. The van der Waals surface area contributed by atoms with E-state index in [-0.39, 0.29) is 0 Å². The highest BCUT2D eigenvalue weighted by atomic mass is 32.1. The van der Waals surface area contributed by atoms with E-state index < -0.39 is 0 Å². The van der Waals surface area contributed by atoms with E-state index in [1.54, 1.807) is 13.4 Å². The van der Waals surface area contributed by atoms with E-state index in [1.165, 1.54) is 4.90 Å². The zero-order valence-electron chi connectivity index (χ0n) is 12.0. The van der Waals surface area contributed by atoms with Crippen molar-refractivity contribution in [1.82, 2.24) is 14.3 Å². The van der Waals surface area contributed by atoms with Gasteiger partial charge < -0.3 is 14.4 Å². The van der Waals surface area contributed by atoms with E-state index in [1.807, 2.05) is 33.5 Å². The summed E-state index contributed by atoms with van der Waals surface area (Å²) in [6.45, 7) is 4.37.